The van der Waals surface area contributed by atoms with Gasteiger partial charge in [-0.1, -0.05) is 22.9 Å². The normalized spacial score (nSPS) is 10.9. The Balaban J connectivity index is 0.00000288. The molecule has 0 radical (unpaired) electrons. The summed E-state index contributed by atoms with van der Waals surface area (Å²) in [5.41, 5.74) is 2.04. The third-order valence-electron chi connectivity index (χ3n) is 3.29. The summed E-state index contributed by atoms with van der Waals surface area (Å²) in [6, 6.07) is 9.87. The van der Waals surface area contributed by atoms with E-state index in [4.69, 9.17) is 9.26 Å². The van der Waals surface area contributed by atoms with Gasteiger partial charge >= 0.3 is 0 Å². The topological polar surface area (TPSA) is 62.9 Å². The Hall–Kier alpha value is -1.77. The number of benzene rings is 1. The van der Waals surface area contributed by atoms with E-state index in [0.717, 1.165) is 30.5 Å². The zero-order chi connectivity index (χ0) is 16.5. The van der Waals surface area contributed by atoms with Crippen molar-refractivity contribution in [3.63, 3.8) is 0 Å². The standard InChI is InChI=1S/C17H24N4O2.HI/c1-4-18-17(19-13-15-9-11-23-20-15)21(3)10-12-22-16-7-5-14(2)6-8-16;/h5-9,11H,4,10,12-13H2,1-3H3,(H,18,19);1H. The number of nitrogens with zero attached hydrogens (tertiary/aromatic N) is 3. The van der Waals surface area contributed by atoms with Gasteiger partial charge in [0.25, 0.3) is 0 Å². The summed E-state index contributed by atoms with van der Waals surface area (Å²) < 4.78 is 10.6. The van der Waals surface area contributed by atoms with Crippen molar-refractivity contribution in [3.05, 3.63) is 47.9 Å². The molecule has 0 amide bonds. The van der Waals surface area contributed by atoms with Crippen molar-refractivity contribution in [3.8, 4) is 5.75 Å². The largest absolute Gasteiger partial charge is 0.492 e. The lowest BCUT2D eigenvalue weighted by molar-refractivity contribution is 0.281. The highest BCUT2D eigenvalue weighted by molar-refractivity contribution is 14.0. The van der Waals surface area contributed by atoms with Gasteiger partial charge < -0.3 is 19.5 Å². The van der Waals surface area contributed by atoms with Gasteiger partial charge in [0.15, 0.2) is 5.96 Å². The maximum Gasteiger partial charge on any atom is 0.194 e. The van der Waals surface area contributed by atoms with Crippen LogP contribution in [0.4, 0.5) is 0 Å². The van der Waals surface area contributed by atoms with Gasteiger partial charge in [-0.15, -0.1) is 24.0 Å². The second-order valence-corrected chi connectivity index (χ2v) is 5.24. The smallest absolute Gasteiger partial charge is 0.194 e. The third-order valence-corrected chi connectivity index (χ3v) is 3.29. The van der Waals surface area contributed by atoms with Crippen LogP contribution >= 0.6 is 24.0 Å². The van der Waals surface area contributed by atoms with E-state index in [-0.39, 0.29) is 24.0 Å². The average molecular weight is 444 g/mol. The van der Waals surface area contributed by atoms with E-state index in [2.05, 4.69) is 22.4 Å². The van der Waals surface area contributed by atoms with Gasteiger partial charge in [0.1, 0.15) is 24.3 Å². The number of likely N-dealkylation sites (N-methyl/N-ethyl adjacent to an activating group) is 1. The van der Waals surface area contributed by atoms with Crippen molar-refractivity contribution in [1.82, 2.24) is 15.4 Å². The number of ether oxygens (including phenoxy) is 1. The molecule has 0 saturated heterocycles. The summed E-state index contributed by atoms with van der Waals surface area (Å²) in [7, 11) is 1.99. The quantitative estimate of drug-likeness (QED) is 0.404. The van der Waals surface area contributed by atoms with Crippen molar-refractivity contribution in [2.45, 2.75) is 20.4 Å². The van der Waals surface area contributed by atoms with Gasteiger partial charge in [0, 0.05) is 19.7 Å². The summed E-state index contributed by atoms with van der Waals surface area (Å²) in [6.07, 6.45) is 1.55. The summed E-state index contributed by atoms with van der Waals surface area (Å²) in [4.78, 5) is 6.59. The number of aryl methyl sites for hydroxylation is 1. The van der Waals surface area contributed by atoms with E-state index in [0.29, 0.717) is 13.2 Å². The van der Waals surface area contributed by atoms with Crippen molar-refractivity contribution < 1.29 is 9.26 Å². The maximum atomic E-state index is 5.76. The molecule has 2 aromatic rings. The van der Waals surface area contributed by atoms with Crippen molar-refractivity contribution >= 4 is 29.9 Å². The minimum Gasteiger partial charge on any atom is -0.492 e. The first-order valence-electron chi connectivity index (χ1n) is 7.77. The Labute approximate surface area is 160 Å². The van der Waals surface area contributed by atoms with Crippen molar-refractivity contribution in [2.75, 3.05) is 26.7 Å². The van der Waals surface area contributed by atoms with Gasteiger partial charge in [-0.3, -0.25) is 0 Å². The molecule has 0 saturated carbocycles. The summed E-state index contributed by atoms with van der Waals surface area (Å²) in [6.45, 7) is 6.73. The lowest BCUT2D eigenvalue weighted by atomic mass is 10.2. The van der Waals surface area contributed by atoms with Gasteiger partial charge in [0.2, 0.25) is 0 Å². The van der Waals surface area contributed by atoms with Crippen LogP contribution in [0.3, 0.4) is 0 Å². The zero-order valence-electron chi connectivity index (χ0n) is 14.4. The fraction of sp³-hybridized carbons (Fsp3) is 0.412. The molecule has 7 heteroatoms. The van der Waals surface area contributed by atoms with E-state index >= 15 is 0 Å². The molecule has 1 N–H and O–H groups in total. The van der Waals surface area contributed by atoms with Crippen LogP contribution in [0.5, 0.6) is 5.75 Å². The predicted octanol–water partition coefficient (Wildman–Crippen LogP) is 3.08. The van der Waals surface area contributed by atoms with E-state index in [9.17, 15) is 0 Å². The molecule has 0 aliphatic heterocycles. The van der Waals surface area contributed by atoms with Crippen LogP contribution in [0.25, 0.3) is 0 Å². The summed E-state index contributed by atoms with van der Waals surface area (Å²) >= 11 is 0. The number of nitrogens with one attached hydrogen (secondary N) is 1. The Morgan fingerprint density at radius 2 is 2.04 bits per heavy atom. The average Bonchev–Trinajstić information content (AvgIpc) is 3.06. The minimum absolute atomic E-state index is 0. The van der Waals surface area contributed by atoms with E-state index in [1.807, 2.05) is 49.2 Å². The number of guanidine groups is 1. The molecule has 0 atom stereocenters. The molecule has 0 bridgehead atoms. The molecular weight excluding hydrogens is 419 g/mol. The van der Waals surface area contributed by atoms with Gasteiger partial charge in [0.05, 0.1) is 13.1 Å². The zero-order valence-corrected chi connectivity index (χ0v) is 16.7. The molecule has 132 valence electrons. The van der Waals surface area contributed by atoms with Crippen LogP contribution in [0, 0.1) is 6.92 Å². The second kappa shape index (κ2) is 10.9. The first-order valence-corrected chi connectivity index (χ1v) is 7.77. The van der Waals surface area contributed by atoms with Crippen LogP contribution in [-0.4, -0.2) is 42.8 Å². The summed E-state index contributed by atoms with van der Waals surface area (Å²) in [5, 5.41) is 7.13. The molecule has 0 aliphatic rings. The molecule has 0 aliphatic carbocycles. The third kappa shape index (κ3) is 6.77. The highest BCUT2D eigenvalue weighted by Gasteiger charge is 2.06. The predicted molar refractivity (Wildman–Crippen MR) is 106 cm³/mol. The lowest BCUT2D eigenvalue weighted by Crippen LogP contribution is -2.40. The first-order chi connectivity index (χ1) is 11.2. The Bertz CT molecular complexity index is 600. The minimum atomic E-state index is 0. The highest BCUT2D eigenvalue weighted by Crippen LogP contribution is 2.11. The van der Waals surface area contributed by atoms with E-state index in [1.165, 1.54) is 5.56 Å². The van der Waals surface area contributed by atoms with Crippen LogP contribution in [-0.2, 0) is 6.54 Å². The van der Waals surface area contributed by atoms with Gasteiger partial charge in [-0.05, 0) is 26.0 Å². The van der Waals surface area contributed by atoms with Gasteiger partial charge in [-0.25, -0.2) is 4.99 Å². The number of rotatable bonds is 7. The molecule has 0 fully saturated rings. The second-order valence-electron chi connectivity index (χ2n) is 5.24. The highest BCUT2D eigenvalue weighted by atomic mass is 127. The summed E-state index contributed by atoms with van der Waals surface area (Å²) in [5.74, 6) is 1.71. The number of hydrogen-bond acceptors (Lipinski definition) is 4. The van der Waals surface area contributed by atoms with Crippen molar-refractivity contribution in [1.29, 1.82) is 0 Å². The number of halogens is 1. The fourth-order valence-electron chi connectivity index (χ4n) is 1.99. The monoisotopic (exact) mass is 444 g/mol. The number of aliphatic imine (C=N–C) groups is 1. The Kier molecular flexibility index (Phi) is 9.21. The molecule has 0 spiro atoms. The fourth-order valence-corrected chi connectivity index (χ4v) is 1.99. The molecule has 1 heterocycles. The molecule has 1 aromatic carbocycles. The molecule has 24 heavy (non-hydrogen) atoms. The molecule has 2 rings (SSSR count). The molecule has 6 nitrogen and oxygen atoms in total. The number of hydrogen-bond donors (Lipinski definition) is 1. The lowest BCUT2D eigenvalue weighted by Gasteiger charge is -2.22. The van der Waals surface area contributed by atoms with Crippen LogP contribution in [0.1, 0.15) is 18.2 Å². The molecule has 0 unspecified atom stereocenters. The van der Waals surface area contributed by atoms with E-state index < -0.39 is 0 Å². The molecular formula is C17H25IN4O2. The van der Waals surface area contributed by atoms with Crippen LogP contribution < -0.4 is 10.1 Å². The van der Waals surface area contributed by atoms with Crippen molar-refractivity contribution in [2.24, 2.45) is 4.99 Å². The number of aromatic nitrogens is 1. The van der Waals surface area contributed by atoms with Gasteiger partial charge in [-0.2, -0.15) is 0 Å². The Morgan fingerprint density at radius 1 is 1.29 bits per heavy atom. The maximum absolute atomic E-state index is 5.76. The van der Waals surface area contributed by atoms with E-state index in [1.54, 1.807) is 6.26 Å². The first kappa shape index (κ1) is 20.3. The van der Waals surface area contributed by atoms with Crippen LogP contribution in [0.15, 0.2) is 46.1 Å². The Morgan fingerprint density at radius 3 is 2.67 bits per heavy atom. The molecule has 1 aromatic heterocycles. The SMILES string of the molecule is CCNC(=NCc1ccon1)N(C)CCOc1ccc(C)cc1.I. The van der Waals surface area contributed by atoms with Crippen LogP contribution in [0.2, 0.25) is 0 Å².